The molecule has 1 saturated heterocycles. The number of hydrogen-bond donors (Lipinski definition) is 3. The fourth-order valence-electron chi connectivity index (χ4n) is 4.66. The van der Waals surface area contributed by atoms with Crippen LogP contribution in [0.3, 0.4) is 0 Å². The van der Waals surface area contributed by atoms with Crippen LogP contribution in [0.15, 0.2) is 4.99 Å². The van der Waals surface area contributed by atoms with Crippen molar-refractivity contribution < 1.29 is 5.11 Å². The zero-order valence-electron chi connectivity index (χ0n) is 17.9. The highest BCUT2D eigenvalue weighted by molar-refractivity contribution is 7.99. The van der Waals surface area contributed by atoms with Gasteiger partial charge in [0.1, 0.15) is 0 Å². The molecule has 0 unspecified atom stereocenters. The fourth-order valence-corrected chi connectivity index (χ4v) is 5.56. The Hall–Kier alpha value is -0.460. The second kappa shape index (κ2) is 11.5. The summed E-state index contributed by atoms with van der Waals surface area (Å²) < 4.78 is 0. The predicted octanol–water partition coefficient (Wildman–Crippen LogP) is 3.09. The van der Waals surface area contributed by atoms with Crippen molar-refractivity contribution in [1.29, 1.82) is 0 Å². The summed E-state index contributed by atoms with van der Waals surface area (Å²) in [6, 6.07) is 0. The summed E-state index contributed by atoms with van der Waals surface area (Å²) in [5.41, 5.74) is 0.432. The molecule has 0 bridgehead atoms. The van der Waals surface area contributed by atoms with E-state index in [-0.39, 0.29) is 12.0 Å². The van der Waals surface area contributed by atoms with Gasteiger partial charge in [0.25, 0.3) is 0 Å². The molecule has 0 spiro atoms. The van der Waals surface area contributed by atoms with E-state index < -0.39 is 0 Å². The van der Waals surface area contributed by atoms with Crippen molar-refractivity contribution in [3.8, 4) is 0 Å². The molecule has 5 nitrogen and oxygen atoms in total. The Morgan fingerprint density at radius 1 is 1.11 bits per heavy atom. The smallest absolute Gasteiger partial charge is 0.191 e. The molecule has 2 aliphatic rings. The Kier molecular flexibility index (Phi) is 9.74. The number of thioether (sulfide) groups is 1. The first-order valence-electron chi connectivity index (χ1n) is 11.1. The molecule has 2 fully saturated rings. The third-order valence-electron chi connectivity index (χ3n) is 6.86. The maximum Gasteiger partial charge on any atom is 0.191 e. The van der Waals surface area contributed by atoms with Gasteiger partial charge in [-0.1, -0.05) is 26.7 Å². The molecule has 0 aromatic rings. The van der Waals surface area contributed by atoms with Crippen LogP contribution in [0, 0.1) is 5.41 Å². The lowest BCUT2D eigenvalue weighted by Crippen LogP contribution is -2.57. The number of rotatable bonds is 10. The molecule has 1 aliphatic heterocycles. The number of guanidine groups is 1. The average Bonchev–Trinajstić information content (AvgIpc) is 3.20. The van der Waals surface area contributed by atoms with Crippen molar-refractivity contribution in [2.75, 3.05) is 50.8 Å². The zero-order chi connectivity index (χ0) is 19.6. The van der Waals surface area contributed by atoms with E-state index in [0.717, 1.165) is 44.9 Å². The largest absolute Gasteiger partial charge is 0.396 e. The van der Waals surface area contributed by atoms with E-state index in [1.807, 2.05) is 0 Å². The first-order chi connectivity index (χ1) is 13.1. The molecule has 1 saturated carbocycles. The molecule has 0 amide bonds. The molecule has 0 radical (unpaired) electrons. The highest BCUT2D eigenvalue weighted by Crippen LogP contribution is 2.36. The monoisotopic (exact) mass is 398 g/mol. The number of hydrogen-bond acceptors (Lipinski definition) is 4. The zero-order valence-corrected chi connectivity index (χ0v) is 18.7. The Labute approximate surface area is 171 Å². The van der Waals surface area contributed by atoms with Gasteiger partial charge < -0.3 is 15.7 Å². The molecule has 6 heteroatoms. The molecule has 0 aromatic heterocycles. The molecule has 3 N–H and O–H groups in total. The number of aliphatic hydroxyl groups excluding tert-OH is 1. The van der Waals surface area contributed by atoms with Gasteiger partial charge in [-0.2, -0.15) is 11.8 Å². The van der Waals surface area contributed by atoms with E-state index in [9.17, 15) is 5.11 Å². The van der Waals surface area contributed by atoms with E-state index in [2.05, 4.69) is 48.1 Å². The maximum absolute atomic E-state index is 9.47. The van der Waals surface area contributed by atoms with Crippen LogP contribution >= 0.6 is 11.8 Å². The second-order valence-electron chi connectivity index (χ2n) is 8.26. The van der Waals surface area contributed by atoms with Crippen LogP contribution in [-0.4, -0.2) is 72.3 Å². The van der Waals surface area contributed by atoms with Crippen molar-refractivity contribution >= 4 is 17.7 Å². The van der Waals surface area contributed by atoms with Gasteiger partial charge in [0.2, 0.25) is 0 Å². The molecule has 27 heavy (non-hydrogen) atoms. The standard InChI is InChI=1S/C21H42N4OS/c1-4-20(5-2,11-14-26)17-23-19(22-6-3)24-18-21(9-7-8-10-21)25-12-15-27-16-13-25/h26H,4-18H2,1-3H3,(H2,22,23,24). The van der Waals surface area contributed by atoms with Gasteiger partial charge in [0.15, 0.2) is 5.96 Å². The van der Waals surface area contributed by atoms with Gasteiger partial charge in [0.05, 0.1) is 0 Å². The summed E-state index contributed by atoms with van der Waals surface area (Å²) in [6.45, 7) is 11.9. The third kappa shape index (κ3) is 6.26. The minimum Gasteiger partial charge on any atom is -0.396 e. The van der Waals surface area contributed by atoms with Crippen LogP contribution in [0.1, 0.15) is 65.7 Å². The van der Waals surface area contributed by atoms with Gasteiger partial charge in [-0.05, 0) is 44.4 Å². The Morgan fingerprint density at radius 2 is 1.78 bits per heavy atom. The minimum atomic E-state index is 0.117. The molecular formula is C21H42N4OS. The van der Waals surface area contributed by atoms with Crippen LogP contribution in [0.4, 0.5) is 0 Å². The Morgan fingerprint density at radius 3 is 2.33 bits per heavy atom. The number of aliphatic imine (C=N–C) groups is 1. The molecule has 1 aliphatic carbocycles. The van der Waals surface area contributed by atoms with E-state index in [1.165, 1.54) is 50.3 Å². The normalized spacial score (nSPS) is 21.4. The first kappa shape index (κ1) is 22.8. The lowest BCUT2D eigenvalue weighted by atomic mass is 9.79. The SMILES string of the molecule is CCNC(=NCC(CC)(CC)CCO)NCC1(N2CCSCC2)CCCC1. The first-order valence-corrected chi connectivity index (χ1v) is 12.2. The van der Waals surface area contributed by atoms with Gasteiger partial charge in [0, 0.05) is 56.4 Å². The second-order valence-corrected chi connectivity index (χ2v) is 9.49. The predicted molar refractivity (Wildman–Crippen MR) is 119 cm³/mol. The molecule has 158 valence electrons. The van der Waals surface area contributed by atoms with Gasteiger partial charge >= 0.3 is 0 Å². The van der Waals surface area contributed by atoms with Crippen LogP contribution in [0.2, 0.25) is 0 Å². The van der Waals surface area contributed by atoms with Crippen LogP contribution in [0.5, 0.6) is 0 Å². The molecule has 2 rings (SSSR count). The number of aliphatic hydroxyl groups is 1. The van der Waals surface area contributed by atoms with E-state index in [0.29, 0.717) is 5.54 Å². The minimum absolute atomic E-state index is 0.117. The lowest BCUT2D eigenvalue weighted by Gasteiger charge is -2.43. The van der Waals surface area contributed by atoms with E-state index in [1.54, 1.807) is 0 Å². The molecule has 1 heterocycles. The number of nitrogens with zero attached hydrogens (tertiary/aromatic N) is 2. The summed E-state index contributed by atoms with van der Waals surface area (Å²) in [5, 5.41) is 16.6. The van der Waals surface area contributed by atoms with Gasteiger partial charge in [-0.25, -0.2) is 0 Å². The summed E-state index contributed by atoms with van der Waals surface area (Å²) in [7, 11) is 0. The quantitative estimate of drug-likeness (QED) is 0.390. The van der Waals surface area contributed by atoms with E-state index in [4.69, 9.17) is 4.99 Å². The summed E-state index contributed by atoms with van der Waals surface area (Å²) in [5.74, 6) is 3.48. The van der Waals surface area contributed by atoms with Gasteiger partial charge in [-0.15, -0.1) is 0 Å². The van der Waals surface area contributed by atoms with Gasteiger partial charge in [-0.3, -0.25) is 9.89 Å². The van der Waals surface area contributed by atoms with Crippen molar-refractivity contribution in [2.24, 2.45) is 10.4 Å². The number of nitrogens with one attached hydrogen (secondary N) is 2. The van der Waals surface area contributed by atoms with Crippen molar-refractivity contribution in [1.82, 2.24) is 15.5 Å². The molecule has 0 atom stereocenters. The lowest BCUT2D eigenvalue weighted by molar-refractivity contribution is 0.107. The third-order valence-corrected chi connectivity index (χ3v) is 7.80. The van der Waals surface area contributed by atoms with Crippen LogP contribution in [-0.2, 0) is 0 Å². The van der Waals surface area contributed by atoms with Crippen LogP contribution < -0.4 is 10.6 Å². The average molecular weight is 399 g/mol. The van der Waals surface area contributed by atoms with Crippen molar-refractivity contribution in [3.05, 3.63) is 0 Å². The Bertz CT molecular complexity index is 441. The summed E-state index contributed by atoms with van der Waals surface area (Å²) >= 11 is 2.09. The summed E-state index contributed by atoms with van der Waals surface area (Å²) in [6.07, 6.45) is 8.27. The van der Waals surface area contributed by atoms with Crippen molar-refractivity contribution in [3.63, 3.8) is 0 Å². The highest BCUT2D eigenvalue weighted by atomic mass is 32.2. The highest BCUT2D eigenvalue weighted by Gasteiger charge is 2.40. The Balaban J connectivity index is 2.03. The van der Waals surface area contributed by atoms with Crippen LogP contribution in [0.25, 0.3) is 0 Å². The maximum atomic E-state index is 9.47. The summed E-state index contributed by atoms with van der Waals surface area (Å²) in [4.78, 5) is 7.70. The fraction of sp³-hybridized carbons (Fsp3) is 0.952. The topological polar surface area (TPSA) is 59.9 Å². The van der Waals surface area contributed by atoms with Crippen molar-refractivity contribution in [2.45, 2.75) is 71.3 Å². The molecule has 0 aromatic carbocycles. The van der Waals surface area contributed by atoms with E-state index >= 15 is 0 Å². The molecular weight excluding hydrogens is 356 g/mol.